The van der Waals surface area contributed by atoms with Crippen molar-refractivity contribution in [2.24, 2.45) is 0 Å². The van der Waals surface area contributed by atoms with Crippen LogP contribution in [0.3, 0.4) is 0 Å². The molecule has 0 spiro atoms. The molecule has 0 N–H and O–H groups in total. The highest BCUT2D eigenvalue weighted by molar-refractivity contribution is 5.97. The van der Waals surface area contributed by atoms with Gasteiger partial charge in [0.15, 0.2) is 0 Å². The second-order valence-corrected chi connectivity index (χ2v) is 6.94. The van der Waals surface area contributed by atoms with Crippen molar-refractivity contribution in [2.75, 3.05) is 7.05 Å². The Morgan fingerprint density at radius 1 is 1.09 bits per heavy atom. The Labute approximate surface area is 134 Å². The van der Waals surface area contributed by atoms with Crippen molar-refractivity contribution in [1.29, 1.82) is 5.26 Å². The number of hydrogen-bond donors (Lipinski definition) is 0. The Kier molecular flexibility index (Phi) is 5.88. The molecule has 4 nitrogen and oxygen atoms in total. The maximum absolute atomic E-state index is 12.7. The lowest BCUT2D eigenvalue weighted by Crippen LogP contribution is -2.42. The van der Waals surface area contributed by atoms with Gasteiger partial charge in [0.25, 0.3) is 5.91 Å². The minimum atomic E-state index is -0.112. The monoisotopic (exact) mass is 303 g/mol. The first-order chi connectivity index (χ1) is 10.5. The lowest BCUT2D eigenvalue weighted by molar-refractivity contribution is -0.128. The summed E-state index contributed by atoms with van der Waals surface area (Å²) in [6.45, 7) is 4.35. The van der Waals surface area contributed by atoms with Gasteiger partial charge in [0, 0.05) is 31.4 Å². The van der Waals surface area contributed by atoms with Crippen LogP contribution >= 0.6 is 0 Å². The maximum atomic E-state index is 12.7. The largest absolute Gasteiger partial charge is 0.371 e. The van der Waals surface area contributed by atoms with Gasteiger partial charge in [0.05, 0.1) is 0 Å². The molecule has 0 aromatic rings. The van der Waals surface area contributed by atoms with Gasteiger partial charge in [0.2, 0.25) is 0 Å². The van der Waals surface area contributed by atoms with E-state index < -0.39 is 0 Å². The van der Waals surface area contributed by atoms with Gasteiger partial charge >= 0.3 is 0 Å². The SMILES string of the molecule is CC1CCCC(C)N1/C=C(/C#N)C(=O)N(C)C1CCCCC1. The highest BCUT2D eigenvalue weighted by Crippen LogP contribution is 2.25. The Hall–Kier alpha value is -1.50. The van der Waals surface area contributed by atoms with E-state index in [0.29, 0.717) is 18.1 Å². The molecule has 1 aliphatic carbocycles. The second kappa shape index (κ2) is 7.67. The molecule has 2 fully saturated rings. The average molecular weight is 303 g/mol. The van der Waals surface area contributed by atoms with Crippen molar-refractivity contribution >= 4 is 5.91 Å². The molecule has 1 aliphatic heterocycles. The standard InChI is InChI=1S/C18H29N3O/c1-14-8-7-9-15(2)21(14)13-16(12-19)18(22)20(3)17-10-5-4-6-11-17/h13-15,17H,4-11H2,1-3H3/b16-13-. The van der Waals surface area contributed by atoms with Gasteiger partial charge in [-0.1, -0.05) is 19.3 Å². The number of carbonyl (C=O) groups is 1. The molecule has 2 rings (SSSR count). The van der Waals surface area contributed by atoms with Gasteiger partial charge in [-0.25, -0.2) is 0 Å². The van der Waals surface area contributed by atoms with Crippen molar-refractivity contribution < 1.29 is 4.79 Å². The van der Waals surface area contributed by atoms with E-state index in [2.05, 4.69) is 24.8 Å². The van der Waals surface area contributed by atoms with Crippen LogP contribution in [0.2, 0.25) is 0 Å². The van der Waals surface area contributed by atoms with Crippen molar-refractivity contribution in [3.8, 4) is 6.07 Å². The summed E-state index contributed by atoms with van der Waals surface area (Å²) in [5.41, 5.74) is 0.286. The third kappa shape index (κ3) is 3.82. The molecule has 0 bridgehead atoms. The van der Waals surface area contributed by atoms with E-state index in [9.17, 15) is 10.1 Å². The van der Waals surface area contributed by atoms with E-state index in [4.69, 9.17) is 0 Å². The number of carbonyl (C=O) groups excluding carboxylic acids is 1. The zero-order valence-electron chi connectivity index (χ0n) is 14.2. The Morgan fingerprint density at radius 3 is 2.23 bits per heavy atom. The molecule has 0 aromatic heterocycles. The molecule has 1 saturated heterocycles. The number of hydrogen-bond acceptors (Lipinski definition) is 3. The van der Waals surface area contributed by atoms with E-state index in [1.165, 1.54) is 25.7 Å². The fraction of sp³-hybridized carbons (Fsp3) is 0.778. The number of likely N-dealkylation sites (tertiary alicyclic amines) is 1. The Bertz CT molecular complexity index is 449. The van der Waals surface area contributed by atoms with Crippen LogP contribution in [0.4, 0.5) is 0 Å². The number of piperidine rings is 1. The first kappa shape index (κ1) is 16.9. The molecule has 122 valence electrons. The third-order valence-corrected chi connectivity index (χ3v) is 5.33. The van der Waals surface area contributed by atoms with Gasteiger partial charge in [-0.2, -0.15) is 5.26 Å². The number of nitrogens with zero attached hydrogens (tertiary/aromatic N) is 3. The molecular formula is C18H29N3O. The van der Waals surface area contributed by atoms with Gasteiger partial charge in [-0.3, -0.25) is 4.79 Å². The molecule has 1 saturated carbocycles. The first-order valence-electron chi connectivity index (χ1n) is 8.71. The number of rotatable bonds is 3. The number of nitriles is 1. The molecule has 22 heavy (non-hydrogen) atoms. The normalized spacial score (nSPS) is 27.4. The van der Waals surface area contributed by atoms with E-state index in [1.807, 2.05) is 13.2 Å². The van der Waals surface area contributed by atoms with E-state index >= 15 is 0 Å². The third-order valence-electron chi connectivity index (χ3n) is 5.33. The van der Waals surface area contributed by atoms with Crippen LogP contribution in [0.25, 0.3) is 0 Å². The molecule has 1 heterocycles. The van der Waals surface area contributed by atoms with Gasteiger partial charge in [0.1, 0.15) is 11.6 Å². The molecule has 0 radical (unpaired) electrons. The summed E-state index contributed by atoms with van der Waals surface area (Å²) in [5, 5.41) is 9.45. The van der Waals surface area contributed by atoms with E-state index in [-0.39, 0.29) is 11.5 Å². The van der Waals surface area contributed by atoms with Crippen LogP contribution in [-0.4, -0.2) is 40.9 Å². The summed E-state index contributed by atoms with van der Waals surface area (Å²) in [6, 6.07) is 3.24. The first-order valence-corrected chi connectivity index (χ1v) is 8.71. The van der Waals surface area contributed by atoms with Crippen LogP contribution in [0, 0.1) is 11.3 Å². The zero-order valence-corrected chi connectivity index (χ0v) is 14.2. The number of amides is 1. The molecule has 4 heteroatoms. The predicted octanol–water partition coefficient (Wildman–Crippen LogP) is 3.45. The van der Waals surface area contributed by atoms with Crippen molar-refractivity contribution in [3.05, 3.63) is 11.8 Å². The fourth-order valence-corrected chi connectivity index (χ4v) is 3.80. The summed E-state index contributed by atoms with van der Waals surface area (Å²) in [6.07, 6.45) is 11.1. The Balaban J connectivity index is 2.10. The quantitative estimate of drug-likeness (QED) is 0.592. The lowest BCUT2D eigenvalue weighted by Gasteiger charge is -2.38. The minimum absolute atomic E-state index is 0.112. The zero-order chi connectivity index (χ0) is 16.1. The number of likely N-dealkylation sites (N-methyl/N-ethyl adjacent to an activating group) is 1. The maximum Gasteiger partial charge on any atom is 0.265 e. The van der Waals surface area contributed by atoms with Crippen LogP contribution in [0.5, 0.6) is 0 Å². The Morgan fingerprint density at radius 2 is 1.68 bits per heavy atom. The predicted molar refractivity (Wildman–Crippen MR) is 88.0 cm³/mol. The molecule has 0 aromatic carbocycles. The van der Waals surface area contributed by atoms with Crippen molar-refractivity contribution in [1.82, 2.24) is 9.80 Å². The van der Waals surface area contributed by atoms with E-state index in [1.54, 1.807) is 4.90 Å². The smallest absolute Gasteiger partial charge is 0.265 e. The summed E-state index contributed by atoms with van der Waals surface area (Å²) in [7, 11) is 1.85. The van der Waals surface area contributed by atoms with Gasteiger partial charge in [-0.05, 0) is 46.0 Å². The summed E-state index contributed by atoms with van der Waals surface area (Å²) >= 11 is 0. The van der Waals surface area contributed by atoms with Crippen LogP contribution in [-0.2, 0) is 4.79 Å². The van der Waals surface area contributed by atoms with Gasteiger partial charge < -0.3 is 9.80 Å². The van der Waals surface area contributed by atoms with E-state index in [0.717, 1.165) is 25.7 Å². The second-order valence-electron chi connectivity index (χ2n) is 6.94. The molecule has 2 unspecified atom stereocenters. The average Bonchev–Trinajstić information content (AvgIpc) is 2.54. The van der Waals surface area contributed by atoms with Crippen LogP contribution in [0.15, 0.2) is 11.8 Å². The summed E-state index contributed by atoms with van der Waals surface area (Å²) in [4.78, 5) is 16.7. The summed E-state index contributed by atoms with van der Waals surface area (Å²) < 4.78 is 0. The lowest BCUT2D eigenvalue weighted by atomic mass is 9.94. The van der Waals surface area contributed by atoms with Crippen LogP contribution in [0.1, 0.15) is 65.2 Å². The summed E-state index contributed by atoms with van der Waals surface area (Å²) in [5.74, 6) is -0.112. The minimum Gasteiger partial charge on any atom is -0.371 e. The van der Waals surface area contributed by atoms with Gasteiger partial charge in [-0.15, -0.1) is 0 Å². The highest BCUT2D eigenvalue weighted by Gasteiger charge is 2.27. The molecule has 2 aliphatic rings. The topological polar surface area (TPSA) is 47.3 Å². The van der Waals surface area contributed by atoms with Crippen molar-refractivity contribution in [2.45, 2.75) is 83.3 Å². The fourth-order valence-electron chi connectivity index (χ4n) is 3.80. The van der Waals surface area contributed by atoms with Crippen LogP contribution < -0.4 is 0 Å². The highest BCUT2D eigenvalue weighted by atomic mass is 16.2. The molecular weight excluding hydrogens is 274 g/mol. The van der Waals surface area contributed by atoms with Crippen molar-refractivity contribution in [3.63, 3.8) is 0 Å². The molecule has 1 amide bonds. The molecule has 2 atom stereocenters.